The minimum Gasteiger partial charge on any atom is -0.444 e. The van der Waals surface area contributed by atoms with E-state index in [-0.39, 0.29) is 16.6 Å². The predicted octanol–water partition coefficient (Wildman–Crippen LogP) is 1.59. The number of hydrogen-bond donors (Lipinski definition) is 4. The zero-order valence-electron chi connectivity index (χ0n) is 17.7. The van der Waals surface area contributed by atoms with E-state index in [2.05, 4.69) is 15.2 Å². The van der Waals surface area contributed by atoms with E-state index < -0.39 is 27.6 Å². The van der Waals surface area contributed by atoms with E-state index in [0.29, 0.717) is 31.6 Å². The standard InChI is InChI=1S/C19H27N7O4S/c1-19(2,3)30-18(27)26-10-8-14(9-11-26)25-31(28,29)15-6-4-13(5-7-15)23-24-16(12-20)17(21)22/h4-7,14,23,25H,8-11H2,1-3H3,(H3,21,22)/b24-16+. The van der Waals surface area contributed by atoms with Crippen LogP contribution in [0.5, 0.6) is 0 Å². The molecule has 11 nitrogen and oxygen atoms in total. The van der Waals surface area contributed by atoms with Crippen molar-refractivity contribution in [2.24, 2.45) is 10.8 Å². The van der Waals surface area contributed by atoms with Gasteiger partial charge in [0.1, 0.15) is 11.7 Å². The van der Waals surface area contributed by atoms with Gasteiger partial charge in [-0.3, -0.25) is 10.8 Å². The molecule has 1 saturated heterocycles. The number of hydrogen-bond acceptors (Lipinski definition) is 8. The second kappa shape index (κ2) is 9.76. The summed E-state index contributed by atoms with van der Waals surface area (Å²) in [4.78, 5) is 13.8. The number of benzene rings is 1. The summed E-state index contributed by atoms with van der Waals surface area (Å²) in [6.07, 6.45) is 0.563. The van der Waals surface area contributed by atoms with Crippen LogP contribution < -0.4 is 15.9 Å². The third-order valence-corrected chi connectivity index (χ3v) is 5.83. The van der Waals surface area contributed by atoms with E-state index in [0.717, 1.165) is 0 Å². The third-order valence-electron chi connectivity index (χ3n) is 4.29. The number of hydrazone groups is 1. The van der Waals surface area contributed by atoms with Crippen LogP contribution in [0.3, 0.4) is 0 Å². The predicted molar refractivity (Wildman–Crippen MR) is 116 cm³/mol. The Bertz CT molecular complexity index is 984. The second-order valence-electron chi connectivity index (χ2n) is 7.99. The van der Waals surface area contributed by atoms with E-state index in [1.807, 2.05) is 0 Å². The normalized spacial score (nSPS) is 15.8. The molecule has 2 rings (SSSR count). The number of ether oxygens (including phenoxy) is 1. The zero-order valence-corrected chi connectivity index (χ0v) is 18.5. The summed E-state index contributed by atoms with van der Waals surface area (Å²) in [5.74, 6) is -0.476. The number of piperidine rings is 1. The van der Waals surface area contributed by atoms with Crippen LogP contribution in [0.1, 0.15) is 33.6 Å². The highest BCUT2D eigenvalue weighted by Crippen LogP contribution is 2.19. The van der Waals surface area contributed by atoms with Crippen molar-refractivity contribution in [3.05, 3.63) is 24.3 Å². The quantitative estimate of drug-likeness (QED) is 0.290. The summed E-state index contributed by atoms with van der Waals surface area (Å²) < 4.78 is 33.3. The fourth-order valence-electron chi connectivity index (χ4n) is 2.77. The van der Waals surface area contributed by atoms with Crippen LogP contribution in [0, 0.1) is 16.7 Å². The van der Waals surface area contributed by atoms with Gasteiger partial charge in [-0.05, 0) is 57.9 Å². The molecule has 12 heteroatoms. The number of nitrogens with one attached hydrogen (secondary N) is 3. The Kier molecular flexibility index (Phi) is 7.59. The molecule has 1 amide bonds. The van der Waals surface area contributed by atoms with Gasteiger partial charge < -0.3 is 15.4 Å². The number of rotatable bonds is 6. The molecular formula is C19H27N7O4S. The highest BCUT2D eigenvalue weighted by atomic mass is 32.2. The maximum Gasteiger partial charge on any atom is 0.410 e. The maximum absolute atomic E-state index is 12.7. The van der Waals surface area contributed by atoms with Gasteiger partial charge in [-0.15, -0.1) is 0 Å². The van der Waals surface area contributed by atoms with Crippen molar-refractivity contribution in [3.8, 4) is 6.07 Å². The summed E-state index contributed by atoms with van der Waals surface area (Å²) in [6.45, 7) is 6.20. The van der Waals surface area contributed by atoms with Crippen LogP contribution in [-0.4, -0.2) is 55.7 Å². The van der Waals surface area contributed by atoms with E-state index >= 15 is 0 Å². The number of carbonyl (C=O) groups is 1. The highest BCUT2D eigenvalue weighted by molar-refractivity contribution is 7.89. The van der Waals surface area contributed by atoms with Crippen LogP contribution in [0.15, 0.2) is 34.3 Å². The largest absolute Gasteiger partial charge is 0.444 e. The first-order chi connectivity index (χ1) is 14.4. The lowest BCUT2D eigenvalue weighted by Crippen LogP contribution is -2.47. The molecule has 5 N–H and O–H groups in total. The summed E-state index contributed by atoms with van der Waals surface area (Å²) in [5.41, 5.74) is 7.32. The summed E-state index contributed by atoms with van der Waals surface area (Å²) in [6, 6.07) is 7.15. The minimum absolute atomic E-state index is 0.0728. The molecule has 0 aliphatic carbocycles. The Hall–Kier alpha value is -3.17. The fraction of sp³-hybridized carbons (Fsp3) is 0.474. The lowest BCUT2D eigenvalue weighted by Gasteiger charge is -2.33. The number of amidine groups is 1. The average Bonchev–Trinajstić information content (AvgIpc) is 2.67. The average molecular weight is 450 g/mol. The molecule has 1 aromatic rings. The van der Waals surface area contributed by atoms with Crippen molar-refractivity contribution in [2.75, 3.05) is 18.5 Å². The van der Waals surface area contributed by atoms with Crippen LogP contribution in [0.2, 0.25) is 0 Å². The van der Waals surface area contributed by atoms with Crippen molar-refractivity contribution in [1.29, 1.82) is 10.7 Å². The SMILES string of the molecule is CC(C)(C)OC(=O)N1CCC(NS(=O)(=O)c2ccc(N/N=C(\C#N)C(=N)N)cc2)CC1. The number of amides is 1. The van der Waals surface area contributed by atoms with Crippen molar-refractivity contribution in [2.45, 2.75) is 50.2 Å². The summed E-state index contributed by atoms with van der Waals surface area (Å²) in [5, 5.41) is 19.7. The Morgan fingerprint density at radius 1 is 1.29 bits per heavy atom. The van der Waals surface area contributed by atoms with E-state index in [1.165, 1.54) is 24.3 Å². The van der Waals surface area contributed by atoms with Gasteiger partial charge in [0, 0.05) is 19.1 Å². The van der Waals surface area contributed by atoms with Crippen LogP contribution in [-0.2, 0) is 14.8 Å². The van der Waals surface area contributed by atoms with Gasteiger partial charge in [0.15, 0.2) is 5.84 Å². The molecule has 0 saturated carbocycles. The number of nitrogens with two attached hydrogens (primary N) is 1. The van der Waals surface area contributed by atoms with Crippen molar-refractivity contribution >= 4 is 33.4 Å². The first-order valence-corrected chi connectivity index (χ1v) is 11.1. The van der Waals surface area contributed by atoms with E-state index in [4.69, 9.17) is 21.1 Å². The van der Waals surface area contributed by atoms with Crippen molar-refractivity contribution < 1.29 is 17.9 Å². The number of carbonyl (C=O) groups excluding carboxylic acids is 1. The molecule has 1 fully saturated rings. The summed E-state index contributed by atoms with van der Waals surface area (Å²) >= 11 is 0. The topological polar surface area (TPSA) is 174 Å². The number of nitriles is 1. The lowest BCUT2D eigenvalue weighted by molar-refractivity contribution is 0.0203. The molecular weight excluding hydrogens is 422 g/mol. The Balaban J connectivity index is 1.94. The fourth-order valence-corrected chi connectivity index (χ4v) is 4.07. The second-order valence-corrected chi connectivity index (χ2v) is 9.70. The molecule has 0 atom stereocenters. The van der Waals surface area contributed by atoms with E-state index in [1.54, 1.807) is 31.7 Å². The zero-order chi connectivity index (χ0) is 23.2. The molecule has 1 aliphatic heterocycles. The molecule has 1 aliphatic rings. The molecule has 1 heterocycles. The van der Waals surface area contributed by atoms with Gasteiger partial charge in [0.25, 0.3) is 0 Å². The number of anilines is 1. The molecule has 0 aromatic heterocycles. The number of nitrogens with zero attached hydrogens (tertiary/aromatic N) is 3. The van der Waals surface area contributed by atoms with Gasteiger partial charge in [-0.2, -0.15) is 10.4 Å². The minimum atomic E-state index is -3.75. The van der Waals surface area contributed by atoms with Gasteiger partial charge in [-0.1, -0.05) is 0 Å². The molecule has 0 unspecified atom stereocenters. The monoisotopic (exact) mass is 449 g/mol. The molecule has 0 radical (unpaired) electrons. The molecule has 1 aromatic carbocycles. The Morgan fingerprint density at radius 3 is 2.35 bits per heavy atom. The van der Waals surface area contributed by atoms with Gasteiger partial charge in [0.05, 0.1) is 10.6 Å². The van der Waals surface area contributed by atoms with Crippen molar-refractivity contribution in [3.63, 3.8) is 0 Å². The molecule has 0 spiro atoms. The van der Waals surface area contributed by atoms with E-state index in [9.17, 15) is 13.2 Å². The molecule has 31 heavy (non-hydrogen) atoms. The molecule has 0 bridgehead atoms. The smallest absolute Gasteiger partial charge is 0.410 e. The number of likely N-dealkylation sites (tertiary alicyclic amines) is 1. The number of sulfonamides is 1. The molecule has 168 valence electrons. The first kappa shape index (κ1) is 24.1. The third kappa shape index (κ3) is 7.23. The van der Waals surface area contributed by atoms with Crippen molar-refractivity contribution in [1.82, 2.24) is 9.62 Å². The van der Waals surface area contributed by atoms with Gasteiger partial charge in [0.2, 0.25) is 15.7 Å². The Morgan fingerprint density at radius 2 is 1.87 bits per heavy atom. The lowest BCUT2D eigenvalue weighted by atomic mass is 10.1. The van der Waals surface area contributed by atoms with Gasteiger partial charge >= 0.3 is 6.09 Å². The maximum atomic E-state index is 12.7. The Labute approximate surface area is 181 Å². The first-order valence-electron chi connectivity index (χ1n) is 9.60. The van der Waals surface area contributed by atoms with Crippen LogP contribution >= 0.6 is 0 Å². The van der Waals surface area contributed by atoms with Crippen LogP contribution in [0.25, 0.3) is 0 Å². The summed E-state index contributed by atoms with van der Waals surface area (Å²) in [7, 11) is -3.75. The van der Waals surface area contributed by atoms with Gasteiger partial charge in [-0.25, -0.2) is 17.9 Å². The highest BCUT2D eigenvalue weighted by Gasteiger charge is 2.29. The van der Waals surface area contributed by atoms with Crippen LogP contribution in [0.4, 0.5) is 10.5 Å².